The van der Waals surface area contributed by atoms with Gasteiger partial charge in [-0.2, -0.15) is 0 Å². The summed E-state index contributed by atoms with van der Waals surface area (Å²) in [6.07, 6.45) is 5.81. The molecule has 0 aliphatic heterocycles. The third-order valence-corrected chi connectivity index (χ3v) is 3.32. The van der Waals surface area contributed by atoms with Gasteiger partial charge in [0.05, 0.1) is 12.9 Å². The van der Waals surface area contributed by atoms with Crippen LogP contribution in [0.5, 0.6) is 0 Å². The first-order valence-electron chi connectivity index (χ1n) is 5.64. The van der Waals surface area contributed by atoms with Gasteiger partial charge in [0.25, 0.3) is 5.56 Å². The van der Waals surface area contributed by atoms with Crippen LogP contribution in [0.2, 0.25) is 0 Å². The van der Waals surface area contributed by atoms with Crippen LogP contribution < -0.4 is 10.9 Å². The molecule has 88 valence electrons. The van der Waals surface area contributed by atoms with E-state index >= 15 is 0 Å². The van der Waals surface area contributed by atoms with Crippen molar-refractivity contribution in [3.63, 3.8) is 0 Å². The lowest BCUT2D eigenvalue weighted by Gasteiger charge is -2.26. The summed E-state index contributed by atoms with van der Waals surface area (Å²) in [6, 6.07) is 1.43. The molecular weight excluding hydrogens is 206 g/mol. The van der Waals surface area contributed by atoms with E-state index in [1.807, 2.05) is 0 Å². The van der Waals surface area contributed by atoms with Crippen LogP contribution in [0.15, 0.2) is 17.2 Å². The number of hydrogen-bond donors (Lipinski definition) is 3. The zero-order chi connectivity index (χ0) is 11.4. The maximum absolute atomic E-state index is 11.1. The highest BCUT2D eigenvalue weighted by atomic mass is 16.3. The highest BCUT2D eigenvalue weighted by Gasteiger charge is 2.32. The zero-order valence-electron chi connectivity index (χ0n) is 9.20. The molecule has 1 saturated carbocycles. The molecule has 0 radical (unpaired) electrons. The van der Waals surface area contributed by atoms with E-state index in [4.69, 9.17) is 0 Å². The van der Waals surface area contributed by atoms with Crippen molar-refractivity contribution in [1.29, 1.82) is 0 Å². The van der Waals surface area contributed by atoms with E-state index in [1.54, 1.807) is 0 Å². The average molecular weight is 223 g/mol. The van der Waals surface area contributed by atoms with Crippen LogP contribution in [0.4, 0.5) is 5.82 Å². The van der Waals surface area contributed by atoms with Crippen molar-refractivity contribution in [3.05, 3.63) is 22.7 Å². The van der Waals surface area contributed by atoms with Gasteiger partial charge in [-0.25, -0.2) is 4.98 Å². The van der Waals surface area contributed by atoms with Gasteiger partial charge >= 0.3 is 0 Å². The van der Waals surface area contributed by atoms with Crippen molar-refractivity contribution in [3.8, 4) is 0 Å². The number of aliphatic hydroxyl groups excluding tert-OH is 1. The molecule has 0 atom stereocenters. The number of hydrogen-bond acceptors (Lipinski definition) is 4. The highest BCUT2D eigenvalue weighted by Crippen LogP contribution is 2.37. The number of anilines is 1. The van der Waals surface area contributed by atoms with Crippen LogP contribution in [0, 0.1) is 5.41 Å². The molecule has 5 heteroatoms. The molecule has 0 aromatic carbocycles. The quantitative estimate of drug-likeness (QED) is 0.703. The molecule has 16 heavy (non-hydrogen) atoms. The molecular formula is C11H17N3O2. The van der Waals surface area contributed by atoms with Gasteiger partial charge < -0.3 is 15.4 Å². The molecule has 0 saturated heterocycles. The predicted molar refractivity (Wildman–Crippen MR) is 61.3 cm³/mol. The molecule has 0 bridgehead atoms. The van der Waals surface area contributed by atoms with Gasteiger partial charge in [0.1, 0.15) is 5.82 Å². The second-order valence-corrected chi connectivity index (χ2v) is 4.52. The van der Waals surface area contributed by atoms with E-state index in [2.05, 4.69) is 15.3 Å². The lowest BCUT2D eigenvalue weighted by Crippen LogP contribution is -2.31. The van der Waals surface area contributed by atoms with Crippen LogP contribution in [0.25, 0.3) is 0 Å². The van der Waals surface area contributed by atoms with Crippen LogP contribution in [-0.4, -0.2) is 28.2 Å². The maximum atomic E-state index is 11.1. The summed E-state index contributed by atoms with van der Waals surface area (Å²) in [5.41, 5.74) is -0.188. The number of aromatic amines is 1. The molecule has 0 spiro atoms. The van der Waals surface area contributed by atoms with E-state index in [9.17, 15) is 9.90 Å². The standard InChI is InChI=1S/C11H17N3O2/c15-7-11(3-1-2-4-11)6-12-9-5-10(16)14-8-13-9/h5,8,15H,1-4,6-7H2,(H2,12,13,14,16). The van der Waals surface area contributed by atoms with Gasteiger partial charge in [-0.15, -0.1) is 0 Å². The Bertz CT molecular complexity index is 396. The summed E-state index contributed by atoms with van der Waals surface area (Å²) >= 11 is 0. The summed E-state index contributed by atoms with van der Waals surface area (Å²) < 4.78 is 0. The minimum Gasteiger partial charge on any atom is -0.396 e. The van der Waals surface area contributed by atoms with Gasteiger partial charge in [-0.05, 0) is 12.8 Å². The lowest BCUT2D eigenvalue weighted by molar-refractivity contribution is 0.142. The number of aliphatic hydroxyl groups is 1. The monoisotopic (exact) mass is 223 g/mol. The van der Waals surface area contributed by atoms with E-state index in [-0.39, 0.29) is 17.6 Å². The van der Waals surface area contributed by atoms with Gasteiger partial charge in [0.15, 0.2) is 0 Å². The Labute approximate surface area is 93.9 Å². The van der Waals surface area contributed by atoms with Crippen molar-refractivity contribution >= 4 is 5.82 Å². The number of nitrogens with zero attached hydrogens (tertiary/aromatic N) is 1. The van der Waals surface area contributed by atoms with Gasteiger partial charge in [0.2, 0.25) is 0 Å². The largest absolute Gasteiger partial charge is 0.396 e. The van der Waals surface area contributed by atoms with Crippen molar-refractivity contribution < 1.29 is 5.11 Å². The Morgan fingerprint density at radius 3 is 2.88 bits per heavy atom. The molecule has 1 aromatic heterocycles. The van der Waals surface area contributed by atoms with Crippen LogP contribution >= 0.6 is 0 Å². The smallest absolute Gasteiger partial charge is 0.252 e. The lowest BCUT2D eigenvalue weighted by atomic mass is 9.87. The Morgan fingerprint density at radius 1 is 1.50 bits per heavy atom. The first kappa shape index (κ1) is 11.1. The van der Waals surface area contributed by atoms with E-state index in [1.165, 1.54) is 25.2 Å². The number of nitrogens with one attached hydrogen (secondary N) is 2. The summed E-state index contributed by atoms with van der Waals surface area (Å²) in [4.78, 5) is 17.5. The molecule has 1 aromatic rings. The summed E-state index contributed by atoms with van der Waals surface area (Å²) in [7, 11) is 0. The number of rotatable bonds is 4. The van der Waals surface area contributed by atoms with E-state index in [0.29, 0.717) is 12.4 Å². The van der Waals surface area contributed by atoms with Crippen molar-refractivity contribution in [2.75, 3.05) is 18.5 Å². The second kappa shape index (κ2) is 4.65. The fourth-order valence-corrected chi connectivity index (χ4v) is 2.26. The van der Waals surface area contributed by atoms with Crippen molar-refractivity contribution in [2.24, 2.45) is 5.41 Å². The zero-order valence-corrected chi connectivity index (χ0v) is 9.20. The summed E-state index contributed by atoms with van der Waals surface area (Å²) in [5, 5.41) is 12.5. The fraction of sp³-hybridized carbons (Fsp3) is 0.636. The van der Waals surface area contributed by atoms with Crippen molar-refractivity contribution in [2.45, 2.75) is 25.7 Å². The van der Waals surface area contributed by atoms with E-state index < -0.39 is 0 Å². The Hall–Kier alpha value is -1.36. The highest BCUT2D eigenvalue weighted by molar-refractivity contribution is 5.32. The molecule has 1 fully saturated rings. The van der Waals surface area contributed by atoms with Crippen molar-refractivity contribution in [1.82, 2.24) is 9.97 Å². The Morgan fingerprint density at radius 2 is 2.25 bits per heavy atom. The molecule has 0 unspecified atom stereocenters. The molecule has 0 amide bonds. The summed E-state index contributed by atoms with van der Waals surface area (Å²) in [6.45, 7) is 0.878. The Kier molecular flexibility index (Phi) is 3.24. The van der Waals surface area contributed by atoms with Crippen LogP contribution in [-0.2, 0) is 0 Å². The third kappa shape index (κ3) is 2.41. The van der Waals surface area contributed by atoms with Gasteiger partial charge in [-0.1, -0.05) is 12.8 Å². The molecule has 2 rings (SSSR count). The molecule has 5 nitrogen and oxygen atoms in total. The molecule has 1 heterocycles. The first-order valence-corrected chi connectivity index (χ1v) is 5.64. The second-order valence-electron chi connectivity index (χ2n) is 4.52. The SMILES string of the molecule is O=c1cc(NCC2(CO)CCCC2)nc[nH]1. The summed E-state index contributed by atoms with van der Waals surface area (Å²) in [5.74, 6) is 0.573. The fourth-order valence-electron chi connectivity index (χ4n) is 2.26. The predicted octanol–water partition coefficient (Wildman–Crippen LogP) is 0.734. The number of H-pyrrole nitrogens is 1. The molecule has 3 N–H and O–H groups in total. The average Bonchev–Trinajstić information content (AvgIpc) is 2.76. The molecule has 1 aliphatic rings. The topological polar surface area (TPSA) is 78.0 Å². The van der Waals surface area contributed by atoms with E-state index in [0.717, 1.165) is 12.8 Å². The third-order valence-electron chi connectivity index (χ3n) is 3.32. The normalized spacial score (nSPS) is 18.6. The van der Waals surface area contributed by atoms with Crippen LogP contribution in [0.3, 0.4) is 0 Å². The minimum absolute atomic E-state index is 0.0235. The Balaban J connectivity index is 1.98. The van der Waals surface area contributed by atoms with Gasteiger partial charge in [0, 0.05) is 18.0 Å². The maximum Gasteiger partial charge on any atom is 0.252 e. The van der Waals surface area contributed by atoms with Gasteiger partial charge in [-0.3, -0.25) is 4.79 Å². The van der Waals surface area contributed by atoms with Crippen LogP contribution in [0.1, 0.15) is 25.7 Å². The molecule has 1 aliphatic carbocycles. The minimum atomic E-state index is -0.165. The first-order chi connectivity index (χ1) is 7.74. The number of aromatic nitrogens is 2.